The molecule has 152 valence electrons. The van der Waals surface area contributed by atoms with Crippen molar-refractivity contribution < 1.29 is 9.53 Å². The van der Waals surface area contributed by atoms with E-state index in [2.05, 4.69) is 15.6 Å². The van der Waals surface area contributed by atoms with Gasteiger partial charge in [-0.3, -0.25) is 4.79 Å². The van der Waals surface area contributed by atoms with E-state index in [1.807, 2.05) is 48.5 Å². The van der Waals surface area contributed by atoms with Crippen LogP contribution in [0.25, 0.3) is 0 Å². The minimum absolute atomic E-state index is 0. The van der Waals surface area contributed by atoms with Gasteiger partial charge >= 0.3 is 0 Å². The molecule has 2 rings (SSSR count). The quantitative estimate of drug-likeness (QED) is 0.337. The molecule has 0 saturated heterocycles. The van der Waals surface area contributed by atoms with Crippen LogP contribution in [0.3, 0.4) is 0 Å². The van der Waals surface area contributed by atoms with E-state index in [1.54, 1.807) is 21.2 Å². The van der Waals surface area contributed by atoms with Crippen molar-refractivity contribution in [2.24, 2.45) is 4.99 Å². The number of methoxy groups -OCH3 is 1. The van der Waals surface area contributed by atoms with Gasteiger partial charge in [0.2, 0.25) is 5.91 Å². The summed E-state index contributed by atoms with van der Waals surface area (Å²) >= 11 is 5.92. The van der Waals surface area contributed by atoms with Crippen molar-refractivity contribution in [3.63, 3.8) is 0 Å². The fourth-order valence-corrected chi connectivity index (χ4v) is 2.31. The molecule has 0 saturated carbocycles. The van der Waals surface area contributed by atoms with Crippen LogP contribution >= 0.6 is 35.6 Å². The van der Waals surface area contributed by atoms with Gasteiger partial charge in [-0.05, 0) is 35.4 Å². The summed E-state index contributed by atoms with van der Waals surface area (Å²) in [5.41, 5.74) is 2.11. The molecule has 0 bridgehead atoms. The highest BCUT2D eigenvalue weighted by atomic mass is 127. The van der Waals surface area contributed by atoms with Gasteiger partial charge in [0.1, 0.15) is 5.75 Å². The van der Waals surface area contributed by atoms with Gasteiger partial charge in [-0.25, -0.2) is 4.99 Å². The Morgan fingerprint density at radius 2 is 1.64 bits per heavy atom. The Balaban J connectivity index is 0.00000392. The monoisotopic (exact) mass is 516 g/mol. The summed E-state index contributed by atoms with van der Waals surface area (Å²) in [6.45, 7) is 1.22. The largest absolute Gasteiger partial charge is 0.497 e. The molecule has 2 aromatic rings. The fraction of sp³-hybridized carbons (Fsp3) is 0.300. The molecule has 0 aliphatic rings. The lowest BCUT2D eigenvalue weighted by molar-refractivity contribution is -0.127. The fourth-order valence-electron chi connectivity index (χ4n) is 2.18. The molecule has 0 heterocycles. The molecule has 0 aromatic heterocycles. The number of halogens is 2. The maximum atomic E-state index is 11.9. The first-order valence-corrected chi connectivity index (χ1v) is 8.95. The second-order valence-corrected chi connectivity index (χ2v) is 6.57. The van der Waals surface area contributed by atoms with Crippen LogP contribution in [0.5, 0.6) is 5.75 Å². The lowest BCUT2D eigenvalue weighted by atomic mass is 10.2. The molecule has 0 unspecified atom stereocenters. The molecular weight excluding hydrogens is 491 g/mol. The number of ether oxygens (including phenoxy) is 1. The molecule has 1 amide bonds. The van der Waals surface area contributed by atoms with Crippen molar-refractivity contribution in [3.05, 3.63) is 64.7 Å². The summed E-state index contributed by atoms with van der Waals surface area (Å²) in [5, 5.41) is 7.01. The standard InChI is InChI=1S/C20H25ClN4O2.HI/c1-25(2)19(26)14-24-20(22-12-15-4-8-17(21)9-5-15)23-13-16-6-10-18(27-3)11-7-16;/h4-11H,12-14H2,1-3H3,(H2,22,23,24);1H. The number of carbonyl (C=O) groups excluding carboxylic acids is 1. The third-order valence-corrected chi connectivity index (χ3v) is 4.11. The van der Waals surface area contributed by atoms with Crippen molar-refractivity contribution in [2.45, 2.75) is 13.1 Å². The molecule has 0 radical (unpaired) electrons. The summed E-state index contributed by atoms with van der Waals surface area (Å²) in [6.07, 6.45) is 0. The number of guanidine groups is 1. The number of rotatable bonds is 7. The SMILES string of the molecule is COc1ccc(CN=C(NCC(=O)N(C)C)NCc2ccc(Cl)cc2)cc1.I. The highest BCUT2D eigenvalue weighted by Crippen LogP contribution is 2.12. The third kappa shape index (κ3) is 8.35. The molecule has 8 heteroatoms. The average Bonchev–Trinajstić information content (AvgIpc) is 2.68. The second-order valence-electron chi connectivity index (χ2n) is 6.13. The maximum absolute atomic E-state index is 11.9. The van der Waals surface area contributed by atoms with E-state index in [1.165, 1.54) is 4.90 Å². The molecule has 2 N–H and O–H groups in total. The molecule has 28 heavy (non-hydrogen) atoms. The lowest BCUT2D eigenvalue weighted by Crippen LogP contribution is -2.42. The first-order valence-electron chi connectivity index (χ1n) is 8.57. The van der Waals surface area contributed by atoms with E-state index in [4.69, 9.17) is 16.3 Å². The number of nitrogens with zero attached hydrogens (tertiary/aromatic N) is 2. The third-order valence-electron chi connectivity index (χ3n) is 3.86. The molecule has 0 aliphatic heterocycles. The van der Waals surface area contributed by atoms with E-state index in [-0.39, 0.29) is 36.4 Å². The molecule has 2 aromatic carbocycles. The van der Waals surface area contributed by atoms with Crippen LogP contribution in [-0.4, -0.2) is 44.5 Å². The molecule has 6 nitrogen and oxygen atoms in total. The van der Waals surface area contributed by atoms with Crippen molar-refractivity contribution >= 4 is 47.4 Å². The minimum Gasteiger partial charge on any atom is -0.497 e. The molecule has 0 atom stereocenters. The smallest absolute Gasteiger partial charge is 0.241 e. The number of hydrogen-bond donors (Lipinski definition) is 2. The van der Waals surface area contributed by atoms with Gasteiger partial charge in [0.05, 0.1) is 20.2 Å². The number of nitrogens with one attached hydrogen (secondary N) is 2. The minimum atomic E-state index is -0.0274. The summed E-state index contributed by atoms with van der Waals surface area (Å²) < 4.78 is 5.17. The summed E-state index contributed by atoms with van der Waals surface area (Å²) in [6, 6.07) is 15.3. The number of aliphatic imine (C=N–C) groups is 1. The van der Waals surface area contributed by atoms with Gasteiger partial charge in [-0.2, -0.15) is 0 Å². The zero-order chi connectivity index (χ0) is 19.6. The highest BCUT2D eigenvalue weighted by molar-refractivity contribution is 14.0. The zero-order valence-electron chi connectivity index (χ0n) is 16.2. The van der Waals surface area contributed by atoms with Crippen LogP contribution in [0.2, 0.25) is 5.02 Å². The van der Waals surface area contributed by atoms with Gasteiger partial charge in [-0.15, -0.1) is 24.0 Å². The van der Waals surface area contributed by atoms with Gasteiger partial charge in [0, 0.05) is 25.7 Å². The summed E-state index contributed by atoms with van der Waals surface area (Å²) in [5.74, 6) is 1.34. The Hall–Kier alpha value is -2.00. The number of amides is 1. The van der Waals surface area contributed by atoms with Crippen molar-refractivity contribution in [2.75, 3.05) is 27.7 Å². The van der Waals surface area contributed by atoms with Gasteiger partial charge < -0.3 is 20.3 Å². The first-order chi connectivity index (χ1) is 13.0. The van der Waals surface area contributed by atoms with Crippen molar-refractivity contribution in [1.82, 2.24) is 15.5 Å². The van der Waals surface area contributed by atoms with Crippen LogP contribution < -0.4 is 15.4 Å². The maximum Gasteiger partial charge on any atom is 0.241 e. The Bertz CT molecular complexity index is 765. The first kappa shape index (κ1) is 24.0. The Labute approximate surface area is 188 Å². The van der Waals surface area contributed by atoms with Crippen LogP contribution in [0, 0.1) is 0 Å². The number of carbonyl (C=O) groups is 1. The number of benzene rings is 2. The van der Waals surface area contributed by atoms with E-state index < -0.39 is 0 Å². The molecule has 0 aliphatic carbocycles. The van der Waals surface area contributed by atoms with Crippen molar-refractivity contribution in [3.8, 4) is 5.75 Å². The Morgan fingerprint density at radius 1 is 1.04 bits per heavy atom. The Morgan fingerprint density at radius 3 is 2.21 bits per heavy atom. The van der Waals surface area contributed by atoms with Crippen LogP contribution in [0.15, 0.2) is 53.5 Å². The van der Waals surface area contributed by atoms with E-state index >= 15 is 0 Å². The highest BCUT2D eigenvalue weighted by Gasteiger charge is 2.06. The van der Waals surface area contributed by atoms with Gasteiger partial charge in [0.15, 0.2) is 5.96 Å². The second kappa shape index (κ2) is 12.5. The molecule has 0 fully saturated rings. The normalized spacial score (nSPS) is 10.6. The lowest BCUT2D eigenvalue weighted by Gasteiger charge is -2.15. The number of hydrogen-bond acceptors (Lipinski definition) is 3. The zero-order valence-corrected chi connectivity index (χ0v) is 19.3. The molecule has 0 spiro atoms. The summed E-state index contributed by atoms with van der Waals surface area (Å²) in [7, 11) is 5.08. The van der Waals surface area contributed by atoms with Gasteiger partial charge in [0.25, 0.3) is 0 Å². The van der Waals surface area contributed by atoms with Crippen LogP contribution in [0.1, 0.15) is 11.1 Å². The van der Waals surface area contributed by atoms with E-state index in [0.717, 1.165) is 16.9 Å². The average molecular weight is 517 g/mol. The van der Waals surface area contributed by atoms with Crippen molar-refractivity contribution in [1.29, 1.82) is 0 Å². The van der Waals surface area contributed by atoms with Gasteiger partial charge in [-0.1, -0.05) is 35.9 Å². The number of likely N-dealkylation sites (N-methyl/N-ethyl adjacent to an activating group) is 1. The summed E-state index contributed by atoms with van der Waals surface area (Å²) in [4.78, 5) is 18.0. The predicted octanol–water partition coefficient (Wildman–Crippen LogP) is 3.29. The molecular formula is C20H26ClIN4O2. The predicted molar refractivity (Wildman–Crippen MR) is 125 cm³/mol. The van der Waals surface area contributed by atoms with E-state index in [0.29, 0.717) is 24.1 Å². The Kier molecular flexibility index (Phi) is 10.7. The van der Waals surface area contributed by atoms with E-state index in [9.17, 15) is 4.79 Å². The van der Waals surface area contributed by atoms with Crippen LogP contribution in [0.4, 0.5) is 0 Å². The topological polar surface area (TPSA) is 66.0 Å². The van der Waals surface area contributed by atoms with Crippen LogP contribution in [-0.2, 0) is 17.9 Å².